The third-order valence-corrected chi connectivity index (χ3v) is 6.20. The van der Waals surface area contributed by atoms with Gasteiger partial charge >= 0.3 is 0 Å². The Labute approximate surface area is 126 Å². The number of hydrogen-bond acceptors (Lipinski definition) is 4. The SMILES string of the molecule is CCc1cc(N)c(CC)c(S(=O)(=O)N2CCC[C@@H]2CO)c1. The molecule has 1 atom stereocenters. The first kappa shape index (κ1) is 16.3. The summed E-state index contributed by atoms with van der Waals surface area (Å²) in [5.74, 6) is 0. The molecule has 0 spiro atoms. The van der Waals surface area contributed by atoms with Crippen molar-refractivity contribution in [3.05, 3.63) is 23.3 Å². The molecule has 1 saturated heterocycles. The molecule has 1 fully saturated rings. The van der Waals surface area contributed by atoms with Gasteiger partial charge in [0.1, 0.15) is 0 Å². The van der Waals surface area contributed by atoms with E-state index in [0.717, 1.165) is 18.4 Å². The molecule has 5 nitrogen and oxygen atoms in total. The maximum atomic E-state index is 13.0. The molecule has 1 heterocycles. The van der Waals surface area contributed by atoms with Gasteiger partial charge in [-0.3, -0.25) is 0 Å². The summed E-state index contributed by atoms with van der Waals surface area (Å²) in [7, 11) is -3.60. The van der Waals surface area contributed by atoms with Crippen LogP contribution in [0.2, 0.25) is 0 Å². The molecule has 0 bridgehead atoms. The monoisotopic (exact) mass is 312 g/mol. The van der Waals surface area contributed by atoms with Gasteiger partial charge in [-0.1, -0.05) is 13.8 Å². The van der Waals surface area contributed by atoms with Crippen molar-refractivity contribution in [2.75, 3.05) is 18.9 Å². The average molecular weight is 312 g/mol. The maximum Gasteiger partial charge on any atom is 0.243 e. The van der Waals surface area contributed by atoms with E-state index in [2.05, 4.69) is 0 Å². The van der Waals surface area contributed by atoms with E-state index in [9.17, 15) is 13.5 Å². The zero-order valence-corrected chi connectivity index (χ0v) is 13.5. The minimum absolute atomic E-state index is 0.135. The summed E-state index contributed by atoms with van der Waals surface area (Å²) < 4.78 is 27.4. The lowest BCUT2D eigenvalue weighted by atomic mass is 10.1. The molecule has 0 aliphatic carbocycles. The van der Waals surface area contributed by atoms with Crippen molar-refractivity contribution >= 4 is 15.7 Å². The van der Waals surface area contributed by atoms with Gasteiger partial charge in [0.15, 0.2) is 0 Å². The van der Waals surface area contributed by atoms with Gasteiger partial charge in [0.05, 0.1) is 11.5 Å². The van der Waals surface area contributed by atoms with Gasteiger partial charge in [0.2, 0.25) is 10.0 Å². The highest BCUT2D eigenvalue weighted by molar-refractivity contribution is 7.89. The van der Waals surface area contributed by atoms with Gasteiger partial charge in [-0.2, -0.15) is 4.31 Å². The fraction of sp³-hybridized carbons (Fsp3) is 0.600. The fourth-order valence-corrected chi connectivity index (χ4v) is 5.03. The van der Waals surface area contributed by atoms with E-state index in [1.807, 2.05) is 19.9 Å². The van der Waals surface area contributed by atoms with E-state index in [-0.39, 0.29) is 12.6 Å². The van der Waals surface area contributed by atoms with E-state index in [1.54, 1.807) is 6.07 Å². The Kier molecular flexibility index (Phi) is 4.91. The largest absolute Gasteiger partial charge is 0.398 e. The normalized spacial score (nSPS) is 20.0. The molecule has 1 aromatic rings. The third-order valence-electron chi connectivity index (χ3n) is 4.19. The van der Waals surface area contributed by atoms with Gasteiger partial charge in [0, 0.05) is 18.3 Å². The molecule has 1 aromatic carbocycles. The van der Waals surface area contributed by atoms with Gasteiger partial charge in [-0.15, -0.1) is 0 Å². The van der Waals surface area contributed by atoms with E-state index in [0.29, 0.717) is 35.5 Å². The van der Waals surface area contributed by atoms with Crippen molar-refractivity contribution in [3.8, 4) is 0 Å². The first-order valence-corrected chi connectivity index (χ1v) is 8.93. The zero-order valence-electron chi connectivity index (χ0n) is 12.7. The number of aliphatic hydroxyl groups excluding tert-OH is 1. The van der Waals surface area contributed by atoms with Crippen LogP contribution in [0.1, 0.15) is 37.8 Å². The highest BCUT2D eigenvalue weighted by Crippen LogP contribution is 2.31. The van der Waals surface area contributed by atoms with Gasteiger partial charge in [-0.05, 0) is 48.9 Å². The molecule has 3 N–H and O–H groups in total. The number of hydrogen-bond donors (Lipinski definition) is 2. The van der Waals surface area contributed by atoms with Crippen LogP contribution in [0.5, 0.6) is 0 Å². The quantitative estimate of drug-likeness (QED) is 0.808. The van der Waals surface area contributed by atoms with Gasteiger partial charge < -0.3 is 10.8 Å². The lowest BCUT2D eigenvalue weighted by Gasteiger charge is -2.24. The second kappa shape index (κ2) is 6.34. The van der Waals surface area contributed by atoms with Crippen LogP contribution in [0.4, 0.5) is 5.69 Å². The summed E-state index contributed by atoms with van der Waals surface area (Å²) in [4.78, 5) is 0.308. The van der Waals surface area contributed by atoms with Crippen molar-refractivity contribution in [2.45, 2.75) is 50.5 Å². The number of sulfonamides is 1. The first-order valence-electron chi connectivity index (χ1n) is 7.49. The van der Waals surface area contributed by atoms with E-state index >= 15 is 0 Å². The lowest BCUT2D eigenvalue weighted by Crippen LogP contribution is -2.38. The zero-order chi connectivity index (χ0) is 15.6. The Hall–Kier alpha value is -1.11. The summed E-state index contributed by atoms with van der Waals surface area (Å²) in [5.41, 5.74) is 8.17. The number of nitrogens with two attached hydrogens (primary N) is 1. The van der Waals surface area contributed by atoms with Crippen LogP contribution < -0.4 is 5.73 Å². The van der Waals surface area contributed by atoms with Crippen molar-refractivity contribution in [1.29, 1.82) is 0 Å². The molecule has 0 radical (unpaired) electrons. The molecule has 2 rings (SSSR count). The summed E-state index contributed by atoms with van der Waals surface area (Å²) in [6.45, 7) is 4.21. The average Bonchev–Trinajstić information content (AvgIpc) is 2.95. The predicted octanol–water partition coefficient (Wildman–Crippen LogP) is 1.54. The minimum Gasteiger partial charge on any atom is -0.398 e. The number of aliphatic hydroxyl groups is 1. The molecular weight excluding hydrogens is 288 g/mol. The number of nitrogens with zero attached hydrogens (tertiary/aromatic N) is 1. The Morgan fingerprint density at radius 3 is 2.62 bits per heavy atom. The smallest absolute Gasteiger partial charge is 0.243 e. The predicted molar refractivity (Wildman–Crippen MR) is 83.6 cm³/mol. The summed E-state index contributed by atoms with van der Waals surface area (Å²) >= 11 is 0. The Bertz CT molecular complexity index is 614. The Morgan fingerprint density at radius 2 is 2.05 bits per heavy atom. The molecule has 118 valence electrons. The van der Waals surface area contributed by atoms with Crippen molar-refractivity contribution in [1.82, 2.24) is 4.31 Å². The highest BCUT2D eigenvalue weighted by Gasteiger charge is 2.36. The minimum atomic E-state index is -3.60. The summed E-state index contributed by atoms with van der Waals surface area (Å²) in [6, 6.07) is 3.27. The third kappa shape index (κ3) is 2.93. The highest BCUT2D eigenvalue weighted by atomic mass is 32.2. The Morgan fingerprint density at radius 1 is 1.33 bits per heavy atom. The van der Waals surface area contributed by atoms with Crippen LogP contribution in [-0.4, -0.2) is 37.0 Å². The van der Waals surface area contributed by atoms with Crippen molar-refractivity contribution in [2.24, 2.45) is 0 Å². The number of benzene rings is 1. The standard InChI is InChI=1S/C15H24N2O3S/c1-3-11-8-14(16)13(4-2)15(9-11)21(19,20)17-7-5-6-12(17)10-18/h8-9,12,18H,3-7,10,16H2,1-2H3/t12-/m1/s1. The van der Waals surface area contributed by atoms with Crippen LogP contribution >= 0.6 is 0 Å². The fourth-order valence-electron chi connectivity index (χ4n) is 2.97. The second-order valence-corrected chi connectivity index (χ2v) is 7.32. The lowest BCUT2D eigenvalue weighted by molar-refractivity contribution is 0.213. The van der Waals surface area contributed by atoms with Crippen LogP contribution in [0, 0.1) is 0 Å². The van der Waals surface area contributed by atoms with E-state index in [4.69, 9.17) is 5.73 Å². The van der Waals surface area contributed by atoms with Crippen molar-refractivity contribution < 1.29 is 13.5 Å². The molecule has 1 aliphatic heterocycles. The van der Waals surface area contributed by atoms with Crippen LogP contribution in [0.3, 0.4) is 0 Å². The topological polar surface area (TPSA) is 83.6 Å². The molecule has 6 heteroatoms. The molecular formula is C15H24N2O3S. The molecule has 1 aliphatic rings. The summed E-state index contributed by atoms with van der Waals surface area (Å²) in [6.07, 6.45) is 2.80. The molecule has 21 heavy (non-hydrogen) atoms. The van der Waals surface area contributed by atoms with Crippen LogP contribution in [-0.2, 0) is 22.9 Å². The van der Waals surface area contributed by atoms with Gasteiger partial charge in [-0.25, -0.2) is 8.42 Å². The van der Waals surface area contributed by atoms with Crippen molar-refractivity contribution in [3.63, 3.8) is 0 Å². The molecule has 0 amide bonds. The molecule has 0 aromatic heterocycles. The molecule has 0 unspecified atom stereocenters. The Balaban J connectivity index is 2.56. The maximum absolute atomic E-state index is 13.0. The van der Waals surface area contributed by atoms with E-state index in [1.165, 1.54) is 4.31 Å². The number of nitrogen functional groups attached to an aromatic ring is 1. The van der Waals surface area contributed by atoms with Crippen LogP contribution in [0.25, 0.3) is 0 Å². The first-order chi connectivity index (χ1) is 9.95. The van der Waals surface area contributed by atoms with Gasteiger partial charge in [0.25, 0.3) is 0 Å². The van der Waals surface area contributed by atoms with Crippen LogP contribution in [0.15, 0.2) is 17.0 Å². The number of anilines is 1. The summed E-state index contributed by atoms with van der Waals surface area (Å²) in [5, 5.41) is 9.40. The number of rotatable bonds is 5. The molecule has 0 saturated carbocycles. The number of aryl methyl sites for hydroxylation is 1. The second-order valence-electron chi connectivity index (χ2n) is 5.46. The van der Waals surface area contributed by atoms with E-state index < -0.39 is 10.0 Å².